The topological polar surface area (TPSA) is 0 Å². The van der Waals surface area contributed by atoms with E-state index in [0.29, 0.717) is 0 Å². The molecular weight excluding hydrogens is 327 g/mol. The van der Waals surface area contributed by atoms with Crippen LogP contribution in [0.15, 0.2) is 66.7 Å². The van der Waals surface area contributed by atoms with Gasteiger partial charge in [0.25, 0.3) is 0 Å². The SMILES string of the molecule is [S-][P+]12c3ccccc3C=Cc3cccc(c31)C=Cc1ccccc12. The fraction of sp³-hybridized carbons (Fsp3) is 0. The van der Waals surface area contributed by atoms with E-state index >= 15 is 0 Å². The molecule has 5 rings (SSSR count). The molecule has 114 valence electrons. The Morgan fingerprint density at radius 1 is 0.500 bits per heavy atom. The van der Waals surface area contributed by atoms with Crippen LogP contribution in [0.25, 0.3) is 24.3 Å². The molecule has 3 aromatic carbocycles. The first-order chi connectivity index (χ1) is 11.8. The predicted molar refractivity (Wildman–Crippen MR) is 110 cm³/mol. The van der Waals surface area contributed by atoms with Gasteiger partial charge in [-0.05, 0) is 18.6 Å². The first kappa shape index (κ1) is 14.3. The van der Waals surface area contributed by atoms with Crippen molar-refractivity contribution in [2.75, 3.05) is 0 Å². The molecule has 0 aliphatic carbocycles. The number of hydrogen-bond donors (Lipinski definition) is 0. The van der Waals surface area contributed by atoms with Crippen LogP contribution in [0.4, 0.5) is 0 Å². The lowest BCUT2D eigenvalue weighted by Gasteiger charge is -2.35. The first-order valence-electron chi connectivity index (χ1n) is 8.07. The Balaban J connectivity index is 2.01. The van der Waals surface area contributed by atoms with Crippen LogP contribution in [0.2, 0.25) is 0 Å². The standard InChI is InChI=1S/C22H15PS/c24-23-20-10-3-1-6-16(20)12-14-18-8-5-9-19(22(18)23)15-13-17-7-2-4-11-21(17)23/h1-15H. The Labute approximate surface area is 148 Å². The Bertz CT molecular complexity index is 954. The minimum absolute atomic E-state index is 1.25. The van der Waals surface area contributed by atoms with Gasteiger partial charge < -0.3 is 12.2 Å². The van der Waals surface area contributed by atoms with Crippen molar-refractivity contribution in [1.82, 2.24) is 0 Å². The summed E-state index contributed by atoms with van der Waals surface area (Å²) in [5.41, 5.74) is 5.01. The van der Waals surface area contributed by atoms with Crippen LogP contribution in [-0.2, 0) is 12.2 Å². The Morgan fingerprint density at radius 3 is 1.46 bits per heavy atom. The van der Waals surface area contributed by atoms with Gasteiger partial charge in [-0.3, -0.25) is 0 Å². The summed E-state index contributed by atoms with van der Waals surface area (Å²) in [5.74, 6) is 0. The monoisotopic (exact) mass is 342 g/mol. The number of rotatable bonds is 0. The Hall–Kier alpha value is -2.08. The van der Waals surface area contributed by atoms with Gasteiger partial charge in [0.05, 0.1) is 15.9 Å². The average molecular weight is 342 g/mol. The van der Waals surface area contributed by atoms with Gasteiger partial charge in [0, 0.05) is 22.3 Å². The van der Waals surface area contributed by atoms with Crippen molar-refractivity contribution < 1.29 is 0 Å². The second-order valence-electron chi connectivity index (χ2n) is 6.18. The lowest BCUT2D eigenvalue weighted by Crippen LogP contribution is -2.33. The van der Waals surface area contributed by atoms with E-state index in [9.17, 15) is 0 Å². The number of hydrogen-bond acceptors (Lipinski definition) is 1. The molecule has 24 heavy (non-hydrogen) atoms. The van der Waals surface area contributed by atoms with Crippen molar-refractivity contribution in [3.8, 4) is 0 Å². The summed E-state index contributed by atoms with van der Waals surface area (Å²) in [6, 6.07) is 23.8. The zero-order chi connectivity index (χ0) is 16.1. The molecule has 2 aliphatic heterocycles. The molecular formula is C22H15PS. The third-order valence-electron chi connectivity index (χ3n) is 4.85. The van der Waals surface area contributed by atoms with E-state index in [0.717, 1.165) is 0 Å². The highest BCUT2D eigenvalue weighted by Gasteiger charge is 2.40. The molecule has 0 saturated heterocycles. The lowest BCUT2D eigenvalue weighted by molar-refractivity contribution is 1.69. The molecule has 0 radical (unpaired) electrons. The van der Waals surface area contributed by atoms with Crippen molar-refractivity contribution in [2.45, 2.75) is 0 Å². The van der Waals surface area contributed by atoms with E-state index in [4.69, 9.17) is 12.2 Å². The Morgan fingerprint density at radius 2 is 0.917 bits per heavy atom. The minimum atomic E-state index is -2.09. The molecule has 0 spiro atoms. The van der Waals surface area contributed by atoms with E-state index in [1.165, 1.54) is 38.2 Å². The van der Waals surface area contributed by atoms with Gasteiger partial charge >= 0.3 is 0 Å². The number of benzene rings is 3. The average Bonchev–Trinajstić information content (AvgIpc) is 2.85. The molecule has 0 unspecified atom stereocenters. The summed E-state index contributed by atoms with van der Waals surface area (Å²) in [5, 5.41) is 3.94. The molecule has 0 fully saturated rings. The number of fused-ring (bicyclic) bond motifs is 4. The zero-order valence-electron chi connectivity index (χ0n) is 13.0. The van der Waals surface area contributed by atoms with Crippen LogP contribution in [0.5, 0.6) is 0 Å². The smallest absolute Gasteiger partial charge is 0.0973 e. The molecule has 0 atom stereocenters. The first-order valence-corrected chi connectivity index (χ1v) is 10.9. The Kier molecular flexibility index (Phi) is 3.10. The van der Waals surface area contributed by atoms with Crippen molar-refractivity contribution in [3.63, 3.8) is 0 Å². The third-order valence-corrected chi connectivity index (χ3v) is 9.90. The second kappa shape index (κ2) is 5.21. The van der Waals surface area contributed by atoms with Crippen LogP contribution >= 0.6 is 6.46 Å². The van der Waals surface area contributed by atoms with Crippen molar-refractivity contribution in [3.05, 3.63) is 89.0 Å². The molecule has 0 bridgehead atoms. The summed E-state index contributed by atoms with van der Waals surface area (Å²) in [6.07, 6.45) is 8.90. The third kappa shape index (κ3) is 1.86. The molecule has 2 aliphatic rings. The molecule has 0 saturated carbocycles. The summed E-state index contributed by atoms with van der Waals surface area (Å²) < 4.78 is 0. The maximum atomic E-state index is 6.56. The van der Waals surface area contributed by atoms with Crippen LogP contribution < -0.4 is 15.9 Å². The summed E-state index contributed by atoms with van der Waals surface area (Å²) in [6.45, 7) is -2.09. The van der Waals surface area contributed by atoms with Crippen molar-refractivity contribution in [1.29, 1.82) is 0 Å². The van der Waals surface area contributed by atoms with Crippen LogP contribution in [0.1, 0.15) is 22.3 Å². The molecule has 2 heteroatoms. The summed E-state index contributed by atoms with van der Waals surface area (Å²) in [4.78, 5) is 0. The van der Waals surface area contributed by atoms with Gasteiger partial charge in [-0.25, -0.2) is 0 Å². The summed E-state index contributed by atoms with van der Waals surface area (Å²) in [7, 11) is 0. The van der Waals surface area contributed by atoms with Crippen molar-refractivity contribution >= 4 is 58.9 Å². The van der Waals surface area contributed by atoms with E-state index in [1.807, 2.05) is 0 Å². The van der Waals surface area contributed by atoms with Gasteiger partial charge in [0.2, 0.25) is 0 Å². The minimum Gasteiger partial charge on any atom is -0.540 e. The molecule has 3 aromatic rings. The van der Waals surface area contributed by atoms with Crippen LogP contribution in [0, 0.1) is 0 Å². The lowest BCUT2D eigenvalue weighted by atomic mass is 10.1. The highest BCUT2D eigenvalue weighted by Crippen LogP contribution is 2.58. The predicted octanol–water partition coefficient (Wildman–Crippen LogP) is 4.41. The van der Waals surface area contributed by atoms with Gasteiger partial charge in [0.15, 0.2) is 0 Å². The normalized spacial score (nSPS) is 15.7. The largest absolute Gasteiger partial charge is 0.540 e. The van der Waals surface area contributed by atoms with Gasteiger partial charge in [-0.1, -0.05) is 78.9 Å². The van der Waals surface area contributed by atoms with Gasteiger partial charge in [-0.2, -0.15) is 0 Å². The maximum absolute atomic E-state index is 6.56. The van der Waals surface area contributed by atoms with Gasteiger partial charge in [0.1, 0.15) is 0 Å². The van der Waals surface area contributed by atoms with E-state index < -0.39 is 6.46 Å². The zero-order valence-corrected chi connectivity index (χ0v) is 14.7. The quantitative estimate of drug-likeness (QED) is 0.431. The van der Waals surface area contributed by atoms with Gasteiger partial charge in [-0.15, -0.1) is 0 Å². The summed E-state index contributed by atoms with van der Waals surface area (Å²) >= 11 is 6.56. The van der Waals surface area contributed by atoms with E-state index in [-0.39, 0.29) is 0 Å². The fourth-order valence-electron chi connectivity index (χ4n) is 3.77. The molecule has 0 amide bonds. The fourth-order valence-corrected chi connectivity index (χ4v) is 8.79. The molecule has 0 nitrogen and oxygen atoms in total. The molecule has 2 heterocycles. The highest BCUT2D eigenvalue weighted by atomic mass is 32.7. The van der Waals surface area contributed by atoms with Crippen molar-refractivity contribution in [2.24, 2.45) is 0 Å². The highest BCUT2D eigenvalue weighted by molar-refractivity contribution is 8.51. The maximum Gasteiger partial charge on any atom is 0.0973 e. The van der Waals surface area contributed by atoms with E-state index in [2.05, 4.69) is 91.0 Å². The van der Waals surface area contributed by atoms with Crippen LogP contribution in [0.3, 0.4) is 0 Å². The van der Waals surface area contributed by atoms with Crippen LogP contribution in [-0.4, -0.2) is 0 Å². The second-order valence-corrected chi connectivity index (χ2v) is 10.5. The molecule has 0 aromatic heterocycles. The molecule has 0 N–H and O–H groups in total. The van der Waals surface area contributed by atoms with E-state index in [1.54, 1.807) is 0 Å².